The zero-order chi connectivity index (χ0) is 13.4. The maximum Gasteiger partial charge on any atom is 0.175 e. The summed E-state index contributed by atoms with van der Waals surface area (Å²) in [5.74, 6) is 1.55. The van der Waals surface area contributed by atoms with Crippen LogP contribution in [0.3, 0.4) is 0 Å². The molecule has 0 saturated heterocycles. The molecule has 0 aromatic heterocycles. The Labute approximate surface area is 129 Å². The topological polar surface area (TPSA) is 30.5 Å². The zero-order valence-corrected chi connectivity index (χ0v) is 13.8. The Balaban J connectivity index is 0.00000324. The molecule has 0 fully saturated rings. The third-order valence-corrected chi connectivity index (χ3v) is 2.86. The Morgan fingerprint density at radius 2 is 1.95 bits per heavy atom. The molecule has 0 radical (unpaired) electrons. The van der Waals surface area contributed by atoms with Crippen molar-refractivity contribution in [1.82, 2.24) is 5.32 Å². The van der Waals surface area contributed by atoms with Gasteiger partial charge in [0, 0.05) is 13.1 Å². The molecule has 1 rings (SSSR count). The molecule has 0 bridgehead atoms. The minimum absolute atomic E-state index is 0. The van der Waals surface area contributed by atoms with Gasteiger partial charge < -0.3 is 14.8 Å². The minimum Gasteiger partial charge on any atom is -0.490 e. The first-order valence-electron chi connectivity index (χ1n) is 6.12. The molecule has 3 nitrogen and oxygen atoms in total. The van der Waals surface area contributed by atoms with E-state index in [0.29, 0.717) is 13.2 Å². The van der Waals surface area contributed by atoms with Crippen LogP contribution in [0, 0.1) is 0 Å². The normalized spacial score (nSPS) is 9.63. The lowest BCUT2D eigenvalue weighted by atomic mass is 10.2. The maximum absolute atomic E-state index is 5.61. The first-order valence-corrected chi connectivity index (χ1v) is 6.91. The number of benzene rings is 1. The van der Waals surface area contributed by atoms with Crippen LogP contribution < -0.4 is 14.8 Å². The number of hydrogen-bond acceptors (Lipinski definition) is 3. The monoisotopic (exact) mass is 349 g/mol. The maximum atomic E-state index is 5.61. The Morgan fingerprint density at radius 1 is 1.26 bits per heavy atom. The first kappa shape index (κ1) is 18.3. The summed E-state index contributed by atoms with van der Waals surface area (Å²) in [6.07, 6.45) is 1.84. The highest BCUT2D eigenvalue weighted by molar-refractivity contribution is 9.10. The largest absolute Gasteiger partial charge is 0.490 e. The Morgan fingerprint density at radius 3 is 2.53 bits per heavy atom. The SMILES string of the molecule is C=CCNCc1cc(Br)c(OCC)c(OCC)c1.Cl. The molecule has 1 N–H and O–H groups in total. The number of rotatable bonds is 8. The van der Waals surface area contributed by atoms with Gasteiger partial charge in [-0.25, -0.2) is 0 Å². The van der Waals surface area contributed by atoms with Crippen molar-refractivity contribution in [3.63, 3.8) is 0 Å². The van der Waals surface area contributed by atoms with Crippen LogP contribution in [-0.4, -0.2) is 19.8 Å². The summed E-state index contributed by atoms with van der Waals surface area (Å²) in [6, 6.07) is 4.05. The number of halogens is 2. The van der Waals surface area contributed by atoms with Gasteiger partial charge in [0.15, 0.2) is 11.5 Å². The van der Waals surface area contributed by atoms with Crippen molar-refractivity contribution in [3.05, 3.63) is 34.8 Å². The molecule has 0 heterocycles. The first-order chi connectivity index (χ1) is 8.72. The van der Waals surface area contributed by atoms with Gasteiger partial charge in [-0.3, -0.25) is 0 Å². The third kappa shape index (κ3) is 5.85. The molecular weight excluding hydrogens is 330 g/mol. The average Bonchev–Trinajstić information content (AvgIpc) is 2.34. The van der Waals surface area contributed by atoms with Crippen LogP contribution in [0.5, 0.6) is 11.5 Å². The summed E-state index contributed by atoms with van der Waals surface area (Å²) in [5, 5.41) is 3.26. The third-order valence-electron chi connectivity index (χ3n) is 2.28. The van der Waals surface area contributed by atoms with Crippen LogP contribution in [0.2, 0.25) is 0 Å². The predicted octanol–water partition coefficient (Wildman–Crippen LogP) is 3.94. The zero-order valence-electron chi connectivity index (χ0n) is 11.4. The second kappa shape index (κ2) is 10.1. The Kier molecular flexibility index (Phi) is 9.74. The van der Waals surface area contributed by atoms with Crippen LogP contribution in [-0.2, 0) is 6.54 Å². The van der Waals surface area contributed by atoms with Crippen LogP contribution in [0.15, 0.2) is 29.3 Å². The highest BCUT2D eigenvalue weighted by atomic mass is 79.9. The lowest BCUT2D eigenvalue weighted by molar-refractivity contribution is 0.286. The summed E-state index contributed by atoms with van der Waals surface area (Å²) < 4.78 is 12.1. The molecular formula is C14H21BrClNO2. The van der Waals surface area contributed by atoms with Gasteiger partial charge in [-0.2, -0.15) is 0 Å². The van der Waals surface area contributed by atoms with Crippen molar-refractivity contribution >= 4 is 28.3 Å². The fourth-order valence-corrected chi connectivity index (χ4v) is 2.19. The second-order valence-corrected chi connectivity index (χ2v) is 4.54. The van der Waals surface area contributed by atoms with Gasteiger partial charge in [0.1, 0.15) is 0 Å². The van der Waals surface area contributed by atoms with Gasteiger partial charge in [0.05, 0.1) is 17.7 Å². The molecule has 1 aromatic carbocycles. The van der Waals surface area contributed by atoms with E-state index in [1.165, 1.54) is 0 Å². The molecule has 0 spiro atoms. The summed E-state index contributed by atoms with van der Waals surface area (Å²) >= 11 is 3.53. The molecule has 0 saturated carbocycles. The number of hydrogen-bond donors (Lipinski definition) is 1. The quantitative estimate of drug-likeness (QED) is 0.569. The summed E-state index contributed by atoms with van der Waals surface area (Å²) in [5.41, 5.74) is 1.15. The number of nitrogens with one attached hydrogen (secondary N) is 1. The average molecular weight is 351 g/mol. The fraction of sp³-hybridized carbons (Fsp3) is 0.429. The van der Waals surface area contributed by atoms with E-state index in [2.05, 4.69) is 27.8 Å². The molecule has 0 aliphatic rings. The minimum atomic E-state index is 0. The van der Waals surface area contributed by atoms with E-state index in [0.717, 1.165) is 34.6 Å². The van der Waals surface area contributed by atoms with E-state index in [1.807, 2.05) is 32.1 Å². The molecule has 0 aliphatic heterocycles. The number of ether oxygens (including phenoxy) is 2. The van der Waals surface area contributed by atoms with Gasteiger partial charge in [-0.15, -0.1) is 19.0 Å². The van der Waals surface area contributed by atoms with E-state index >= 15 is 0 Å². The molecule has 0 amide bonds. The van der Waals surface area contributed by atoms with Crippen LogP contribution in [0.4, 0.5) is 0 Å². The van der Waals surface area contributed by atoms with E-state index < -0.39 is 0 Å². The molecule has 108 valence electrons. The highest BCUT2D eigenvalue weighted by Crippen LogP contribution is 2.36. The van der Waals surface area contributed by atoms with E-state index in [1.54, 1.807) is 0 Å². The molecule has 19 heavy (non-hydrogen) atoms. The lowest BCUT2D eigenvalue weighted by Gasteiger charge is -2.14. The van der Waals surface area contributed by atoms with Crippen molar-refractivity contribution < 1.29 is 9.47 Å². The van der Waals surface area contributed by atoms with Crippen LogP contribution in [0.1, 0.15) is 19.4 Å². The fourth-order valence-electron chi connectivity index (χ4n) is 1.59. The van der Waals surface area contributed by atoms with E-state index in [-0.39, 0.29) is 12.4 Å². The molecule has 5 heteroatoms. The summed E-state index contributed by atoms with van der Waals surface area (Å²) in [4.78, 5) is 0. The van der Waals surface area contributed by atoms with Gasteiger partial charge >= 0.3 is 0 Å². The Hall–Kier alpha value is -0.710. The van der Waals surface area contributed by atoms with Crippen LogP contribution in [0.25, 0.3) is 0 Å². The molecule has 0 atom stereocenters. The molecule has 1 aromatic rings. The van der Waals surface area contributed by atoms with E-state index in [4.69, 9.17) is 9.47 Å². The standard InChI is InChI=1S/C14H20BrNO2.ClH/c1-4-7-16-10-11-8-12(15)14(18-6-3)13(9-11)17-5-2;/h4,8-9,16H,1,5-7,10H2,2-3H3;1H. The van der Waals surface area contributed by atoms with Gasteiger partial charge in [0.25, 0.3) is 0 Å². The van der Waals surface area contributed by atoms with Gasteiger partial charge in [-0.05, 0) is 47.5 Å². The summed E-state index contributed by atoms with van der Waals surface area (Å²) in [7, 11) is 0. The van der Waals surface area contributed by atoms with E-state index in [9.17, 15) is 0 Å². The van der Waals surface area contributed by atoms with Crippen molar-refractivity contribution in [2.45, 2.75) is 20.4 Å². The van der Waals surface area contributed by atoms with Crippen molar-refractivity contribution in [1.29, 1.82) is 0 Å². The van der Waals surface area contributed by atoms with Crippen LogP contribution >= 0.6 is 28.3 Å². The predicted molar refractivity (Wildman–Crippen MR) is 85.6 cm³/mol. The lowest BCUT2D eigenvalue weighted by Crippen LogP contribution is -2.13. The Bertz CT molecular complexity index is 399. The smallest absolute Gasteiger partial charge is 0.175 e. The van der Waals surface area contributed by atoms with Crippen molar-refractivity contribution in [2.75, 3.05) is 19.8 Å². The summed E-state index contributed by atoms with van der Waals surface area (Å²) in [6.45, 7) is 10.4. The second-order valence-electron chi connectivity index (χ2n) is 3.69. The van der Waals surface area contributed by atoms with Crippen molar-refractivity contribution in [2.24, 2.45) is 0 Å². The molecule has 0 unspecified atom stereocenters. The van der Waals surface area contributed by atoms with Crippen molar-refractivity contribution in [3.8, 4) is 11.5 Å². The van der Waals surface area contributed by atoms with Gasteiger partial charge in [0.2, 0.25) is 0 Å². The molecule has 0 aliphatic carbocycles. The highest BCUT2D eigenvalue weighted by Gasteiger charge is 2.11. The van der Waals surface area contributed by atoms with Gasteiger partial charge in [-0.1, -0.05) is 6.08 Å².